The van der Waals surface area contributed by atoms with E-state index in [1.807, 2.05) is 96.4 Å². The molecular weight excluding hydrogens is 486 g/mol. The van der Waals surface area contributed by atoms with Gasteiger partial charge >= 0.3 is 0 Å². The Hall–Kier alpha value is -3.23. The summed E-state index contributed by atoms with van der Waals surface area (Å²) in [5, 5.41) is 13.6. The van der Waals surface area contributed by atoms with Crippen molar-refractivity contribution in [1.29, 1.82) is 0 Å². The van der Waals surface area contributed by atoms with Crippen molar-refractivity contribution in [2.45, 2.75) is 12.1 Å². The fourth-order valence-corrected chi connectivity index (χ4v) is 4.18. The highest BCUT2D eigenvalue weighted by atomic mass is 79.9. The van der Waals surface area contributed by atoms with Gasteiger partial charge in [0, 0.05) is 15.7 Å². The average molecular weight is 506 g/mol. The van der Waals surface area contributed by atoms with Crippen LogP contribution in [0, 0.1) is 0 Å². The number of rotatable bonds is 7. The maximum Gasteiger partial charge on any atom is 0.250 e. The molecule has 0 aliphatic carbocycles. The maximum atomic E-state index is 12.4. The summed E-state index contributed by atoms with van der Waals surface area (Å²) in [5.41, 5.74) is 6.17. The molecule has 0 saturated carbocycles. The van der Waals surface area contributed by atoms with Gasteiger partial charge in [-0.05, 0) is 36.8 Å². The van der Waals surface area contributed by atoms with Gasteiger partial charge in [0.1, 0.15) is 0 Å². The number of aromatic nitrogens is 3. The van der Waals surface area contributed by atoms with Crippen molar-refractivity contribution in [3.63, 3.8) is 0 Å². The van der Waals surface area contributed by atoms with Crippen LogP contribution in [0.4, 0.5) is 0 Å². The zero-order valence-electron chi connectivity index (χ0n) is 17.3. The molecule has 0 unspecified atom stereocenters. The van der Waals surface area contributed by atoms with E-state index in [1.54, 1.807) is 0 Å². The number of carbonyl (C=O) groups excluding carboxylic acids is 1. The van der Waals surface area contributed by atoms with Crippen LogP contribution >= 0.6 is 27.7 Å². The van der Waals surface area contributed by atoms with Crippen LogP contribution in [0.15, 0.2) is 99.7 Å². The topological polar surface area (TPSA) is 72.2 Å². The highest BCUT2D eigenvalue weighted by Gasteiger charge is 2.17. The summed E-state index contributed by atoms with van der Waals surface area (Å²) in [6.07, 6.45) is 0. The zero-order valence-corrected chi connectivity index (χ0v) is 19.7. The number of nitrogens with zero attached hydrogens (tertiary/aromatic N) is 4. The zero-order chi connectivity index (χ0) is 22.3. The van der Waals surface area contributed by atoms with Gasteiger partial charge in [0.2, 0.25) is 0 Å². The van der Waals surface area contributed by atoms with Crippen molar-refractivity contribution >= 4 is 39.3 Å². The molecular formula is C24H20BrN5OS. The molecule has 0 bridgehead atoms. The number of carbonyl (C=O) groups is 1. The number of hydrogen-bond acceptors (Lipinski definition) is 5. The van der Waals surface area contributed by atoms with Crippen molar-refractivity contribution < 1.29 is 4.79 Å². The summed E-state index contributed by atoms with van der Waals surface area (Å²) in [6.45, 7) is 1.85. The lowest BCUT2D eigenvalue weighted by molar-refractivity contribution is -0.118. The minimum atomic E-state index is -0.215. The highest BCUT2D eigenvalue weighted by molar-refractivity contribution is 9.10. The maximum absolute atomic E-state index is 12.4. The molecule has 0 saturated heterocycles. The predicted octanol–water partition coefficient (Wildman–Crippen LogP) is 5.33. The molecule has 8 heteroatoms. The van der Waals surface area contributed by atoms with Crippen LogP contribution in [0.3, 0.4) is 0 Å². The second kappa shape index (κ2) is 10.4. The smallest absolute Gasteiger partial charge is 0.250 e. The summed E-state index contributed by atoms with van der Waals surface area (Å²) in [6, 6.07) is 27.5. The SMILES string of the molecule is C/C(=N/NC(=O)CSc1nnc(-c2ccccc2)n1-c1ccccc1)c1cccc(Br)c1. The minimum absolute atomic E-state index is 0.162. The lowest BCUT2D eigenvalue weighted by Gasteiger charge is -2.10. The third-order valence-corrected chi connectivity index (χ3v) is 6.03. The molecule has 32 heavy (non-hydrogen) atoms. The quantitative estimate of drug-likeness (QED) is 0.209. The Kier molecular flexibility index (Phi) is 7.14. The Balaban J connectivity index is 1.50. The van der Waals surface area contributed by atoms with Crippen LogP contribution in [-0.2, 0) is 4.79 Å². The fraction of sp³-hybridized carbons (Fsp3) is 0.0833. The van der Waals surface area contributed by atoms with Gasteiger partial charge in [-0.1, -0.05) is 88.4 Å². The number of para-hydroxylation sites is 1. The molecule has 1 aromatic heterocycles. The van der Waals surface area contributed by atoms with Crippen LogP contribution in [0.25, 0.3) is 17.1 Å². The van der Waals surface area contributed by atoms with Crippen molar-refractivity contribution in [1.82, 2.24) is 20.2 Å². The van der Waals surface area contributed by atoms with E-state index in [9.17, 15) is 4.79 Å². The molecule has 1 amide bonds. The molecule has 4 aromatic rings. The summed E-state index contributed by atoms with van der Waals surface area (Å²) < 4.78 is 2.92. The van der Waals surface area contributed by atoms with Crippen LogP contribution in [-0.4, -0.2) is 32.1 Å². The largest absolute Gasteiger partial charge is 0.272 e. The fourth-order valence-electron chi connectivity index (χ4n) is 3.03. The molecule has 0 fully saturated rings. The molecule has 1 heterocycles. The number of nitrogens with one attached hydrogen (secondary N) is 1. The lowest BCUT2D eigenvalue weighted by atomic mass is 10.1. The Morgan fingerprint density at radius 2 is 1.72 bits per heavy atom. The normalized spacial score (nSPS) is 11.4. The van der Waals surface area contributed by atoms with Gasteiger partial charge in [0.15, 0.2) is 11.0 Å². The van der Waals surface area contributed by atoms with Gasteiger partial charge in [-0.15, -0.1) is 10.2 Å². The number of thioether (sulfide) groups is 1. The van der Waals surface area contributed by atoms with Gasteiger partial charge in [-0.25, -0.2) is 5.43 Å². The summed E-state index contributed by atoms with van der Waals surface area (Å²) in [4.78, 5) is 12.4. The van der Waals surface area contributed by atoms with E-state index in [0.29, 0.717) is 5.16 Å². The number of hydrazone groups is 1. The van der Waals surface area contributed by atoms with E-state index in [0.717, 1.165) is 32.8 Å². The first-order chi connectivity index (χ1) is 15.6. The summed E-state index contributed by atoms with van der Waals surface area (Å²) in [7, 11) is 0. The van der Waals surface area contributed by atoms with Crippen molar-refractivity contribution in [2.75, 3.05) is 5.75 Å². The Bertz CT molecular complexity index is 1240. The van der Waals surface area contributed by atoms with E-state index in [1.165, 1.54) is 11.8 Å². The molecule has 0 aliphatic heterocycles. The molecule has 0 radical (unpaired) electrons. The molecule has 4 rings (SSSR count). The molecule has 160 valence electrons. The highest BCUT2D eigenvalue weighted by Crippen LogP contribution is 2.27. The van der Waals surface area contributed by atoms with Gasteiger partial charge in [-0.2, -0.15) is 5.10 Å². The second-order valence-corrected chi connectivity index (χ2v) is 8.73. The van der Waals surface area contributed by atoms with E-state index in [4.69, 9.17) is 0 Å². The lowest BCUT2D eigenvalue weighted by Crippen LogP contribution is -2.21. The number of amides is 1. The van der Waals surface area contributed by atoms with Crippen molar-refractivity contribution in [3.05, 3.63) is 95.0 Å². The van der Waals surface area contributed by atoms with Crippen LogP contribution in [0.2, 0.25) is 0 Å². The Labute approximate surface area is 198 Å². The standard InChI is InChI=1S/C24H20BrN5OS/c1-17(19-11-8-12-20(25)15-19)26-27-22(31)16-32-24-29-28-23(18-9-4-2-5-10-18)30(24)21-13-6-3-7-14-21/h2-15H,16H2,1H3,(H,27,31)/b26-17-. The Morgan fingerprint density at radius 3 is 2.44 bits per heavy atom. The molecule has 0 spiro atoms. The van der Waals surface area contributed by atoms with E-state index >= 15 is 0 Å². The first kappa shape index (κ1) is 22.0. The minimum Gasteiger partial charge on any atom is -0.272 e. The first-order valence-electron chi connectivity index (χ1n) is 9.90. The van der Waals surface area contributed by atoms with Crippen LogP contribution in [0.1, 0.15) is 12.5 Å². The van der Waals surface area contributed by atoms with E-state index in [2.05, 4.69) is 36.7 Å². The van der Waals surface area contributed by atoms with Crippen molar-refractivity contribution in [3.8, 4) is 17.1 Å². The van der Waals surface area contributed by atoms with Crippen LogP contribution in [0.5, 0.6) is 0 Å². The Morgan fingerprint density at radius 1 is 1.00 bits per heavy atom. The summed E-state index contributed by atoms with van der Waals surface area (Å²) in [5.74, 6) is 0.672. The van der Waals surface area contributed by atoms with Gasteiger partial charge < -0.3 is 0 Å². The average Bonchev–Trinajstić information content (AvgIpc) is 3.26. The molecule has 0 aliphatic rings. The molecule has 1 N–H and O–H groups in total. The number of halogens is 1. The molecule has 3 aromatic carbocycles. The van der Waals surface area contributed by atoms with Gasteiger partial charge in [0.25, 0.3) is 5.91 Å². The summed E-state index contributed by atoms with van der Waals surface area (Å²) >= 11 is 4.76. The van der Waals surface area contributed by atoms with Gasteiger partial charge in [-0.3, -0.25) is 9.36 Å². The monoisotopic (exact) mass is 505 g/mol. The van der Waals surface area contributed by atoms with Crippen molar-refractivity contribution in [2.24, 2.45) is 5.10 Å². The third-order valence-electron chi connectivity index (χ3n) is 4.60. The molecule has 0 atom stereocenters. The number of hydrogen-bond donors (Lipinski definition) is 1. The van der Waals surface area contributed by atoms with Gasteiger partial charge in [0.05, 0.1) is 11.5 Å². The predicted molar refractivity (Wildman–Crippen MR) is 132 cm³/mol. The molecule has 6 nitrogen and oxygen atoms in total. The number of benzene rings is 3. The third kappa shape index (κ3) is 5.33. The van der Waals surface area contributed by atoms with E-state index < -0.39 is 0 Å². The van der Waals surface area contributed by atoms with Crippen LogP contribution < -0.4 is 5.43 Å². The first-order valence-corrected chi connectivity index (χ1v) is 11.7. The second-order valence-electron chi connectivity index (χ2n) is 6.87. The van der Waals surface area contributed by atoms with E-state index in [-0.39, 0.29) is 11.7 Å².